The van der Waals surface area contributed by atoms with E-state index in [4.69, 9.17) is 10.5 Å². The van der Waals surface area contributed by atoms with E-state index in [2.05, 4.69) is 49.2 Å². The van der Waals surface area contributed by atoms with Crippen molar-refractivity contribution in [1.82, 2.24) is 19.8 Å². The van der Waals surface area contributed by atoms with E-state index in [1.54, 1.807) is 0 Å². The van der Waals surface area contributed by atoms with Gasteiger partial charge in [-0.15, -0.1) is 0 Å². The molecule has 2 aliphatic heterocycles. The number of rotatable bonds is 9. The van der Waals surface area contributed by atoms with E-state index in [1.165, 1.54) is 70.4 Å². The van der Waals surface area contributed by atoms with Gasteiger partial charge in [-0.3, -0.25) is 9.69 Å². The van der Waals surface area contributed by atoms with Crippen LogP contribution in [0.1, 0.15) is 61.6 Å². The van der Waals surface area contributed by atoms with E-state index in [-0.39, 0.29) is 5.69 Å². The number of amides is 1. The lowest BCUT2D eigenvalue weighted by Crippen LogP contribution is -2.52. The number of likely N-dealkylation sites (N-methyl/N-ethyl adjacent to an activating group) is 1. The summed E-state index contributed by atoms with van der Waals surface area (Å²) in [6, 6.07) is 9.02. The number of hydrogen-bond donors (Lipinski definition) is 2. The molecule has 5 rings (SSSR count). The van der Waals surface area contributed by atoms with Gasteiger partial charge in [-0.25, -0.2) is 4.98 Å². The average Bonchev–Trinajstić information content (AvgIpc) is 3.46. The molecule has 9 heteroatoms. The summed E-state index contributed by atoms with van der Waals surface area (Å²) in [6.45, 7) is 9.48. The lowest BCUT2D eigenvalue weighted by molar-refractivity contribution is 0.0982. The fraction of sp³-hybridized carbons (Fsp3) is 0.621. The van der Waals surface area contributed by atoms with Crippen LogP contribution in [0.2, 0.25) is 0 Å². The van der Waals surface area contributed by atoms with Crippen LogP contribution in [-0.4, -0.2) is 84.6 Å². The van der Waals surface area contributed by atoms with Gasteiger partial charge in [0.05, 0.1) is 6.61 Å². The molecule has 0 atom stereocenters. The Morgan fingerprint density at radius 1 is 1.00 bits per heavy atom. The number of primary amides is 1. The summed E-state index contributed by atoms with van der Waals surface area (Å²) in [5, 5.41) is 3.27. The molecule has 0 bridgehead atoms. The van der Waals surface area contributed by atoms with E-state index < -0.39 is 5.91 Å². The number of benzene rings is 1. The minimum atomic E-state index is -0.600. The predicted molar refractivity (Wildman–Crippen MR) is 151 cm³/mol. The van der Waals surface area contributed by atoms with Crippen molar-refractivity contribution in [2.75, 3.05) is 63.1 Å². The molecule has 9 nitrogen and oxygen atoms in total. The first-order valence-corrected chi connectivity index (χ1v) is 14.4. The molecule has 3 N–H and O–H groups in total. The maximum Gasteiger partial charge on any atom is 0.271 e. The summed E-state index contributed by atoms with van der Waals surface area (Å²) < 4.78 is 6.10. The molecule has 2 saturated heterocycles. The number of ether oxygens (including phenoxy) is 1. The third-order valence-electron chi connectivity index (χ3n) is 8.44. The van der Waals surface area contributed by atoms with Crippen molar-refractivity contribution in [3.8, 4) is 5.88 Å². The van der Waals surface area contributed by atoms with Crippen molar-refractivity contribution in [3.63, 3.8) is 0 Å². The number of hydrogen-bond acceptors (Lipinski definition) is 8. The Bertz CT molecular complexity index is 1070. The van der Waals surface area contributed by atoms with Gasteiger partial charge in [0.25, 0.3) is 5.91 Å². The number of aromatic nitrogens is 2. The highest BCUT2D eigenvalue weighted by atomic mass is 16.5. The van der Waals surface area contributed by atoms with Gasteiger partial charge in [-0.05, 0) is 69.3 Å². The largest absolute Gasteiger partial charge is 0.476 e. The monoisotopic (exact) mass is 521 g/mol. The van der Waals surface area contributed by atoms with Gasteiger partial charge in [-0.1, -0.05) is 19.8 Å². The van der Waals surface area contributed by atoms with Crippen LogP contribution < -0.4 is 20.7 Å². The van der Waals surface area contributed by atoms with Crippen LogP contribution in [0.3, 0.4) is 0 Å². The number of carbonyl (C=O) groups excluding carboxylic acids is 1. The maximum atomic E-state index is 12.2. The van der Waals surface area contributed by atoms with Gasteiger partial charge in [-0.2, -0.15) is 4.98 Å². The maximum absolute atomic E-state index is 12.2. The summed E-state index contributed by atoms with van der Waals surface area (Å²) >= 11 is 0. The second-order valence-corrected chi connectivity index (χ2v) is 11.1. The van der Waals surface area contributed by atoms with Crippen LogP contribution in [0, 0.1) is 5.92 Å². The third-order valence-corrected chi connectivity index (χ3v) is 8.44. The molecule has 1 aromatic carbocycles. The zero-order chi connectivity index (χ0) is 26.5. The van der Waals surface area contributed by atoms with Crippen LogP contribution in [0.4, 0.5) is 17.2 Å². The number of nitrogens with one attached hydrogen (secondary N) is 1. The van der Waals surface area contributed by atoms with Gasteiger partial charge in [0.1, 0.15) is 5.69 Å². The fourth-order valence-corrected chi connectivity index (χ4v) is 6.00. The van der Waals surface area contributed by atoms with Gasteiger partial charge < -0.3 is 25.6 Å². The molecule has 206 valence electrons. The standard InChI is InChI=1S/C29H43N7O2/c1-3-25-29(38-20-21-6-4-5-7-21)33-28(26(32-25)27(30)37)31-22-8-10-23(11-9-22)35-14-12-24(13-15-35)36-18-16-34(2)17-19-36/h8-11,21,24H,3-7,12-20H2,1-2H3,(H2,30,37)(H,31,33). The number of nitrogens with two attached hydrogens (primary N) is 1. The van der Waals surface area contributed by atoms with E-state index in [9.17, 15) is 4.79 Å². The van der Waals surface area contributed by atoms with Gasteiger partial charge in [0.15, 0.2) is 11.5 Å². The molecule has 2 aromatic rings. The fourth-order valence-electron chi connectivity index (χ4n) is 6.00. The van der Waals surface area contributed by atoms with E-state index in [1.807, 2.05) is 19.1 Å². The number of anilines is 3. The highest BCUT2D eigenvalue weighted by Gasteiger charge is 2.27. The highest BCUT2D eigenvalue weighted by Crippen LogP contribution is 2.29. The van der Waals surface area contributed by atoms with Crippen LogP contribution in [-0.2, 0) is 6.42 Å². The topological polar surface area (TPSA) is 99.8 Å². The van der Waals surface area contributed by atoms with E-state index >= 15 is 0 Å². The van der Waals surface area contributed by atoms with Crippen molar-refractivity contribution in [2.45, 2.75) is 57.9 Å². The SMILES string of the molecule is CCc1nc(C(N)=O)c(Nc2ccc(N3CCC(N4CCN(C)CC4)CC3)cc2)nc1OCC1CCCC1. The number of nitrogens with zero attached hydrogens (tertiary/aromatic N) is 5. The van der Waals surface area contributed by atoms with E-state index in [0.717, 1.165) is 18.8 Å². The van der Waals surface area contributed by atoms with Crippen molar-refractivity contribution in [2.24, 2.45) is 11.7 Å². The number of piperazine rings is 1. The molecule has 3 fully saturated rings. The van der Waals surface area contributed by atoms with E-state index in [0.29, 0.717) is 42.4 Å². The molecule has 38 heavy (non-hydrogen) atoms. The van der Waals surface area contributed by atoms with Crippen molar-refractivity contribution < 1.29 is 9.53 Å². The molecule has 1 saturated carbocycles. The van der Waals surface area contributed by atoms with Crippen LogP contribution >= 0.6 is 0 Å². The smallest absolute Gasteiger partial charge is 0.271 e. The lowest BCUT2D eigenvalue weighted by atomic mass is 10.0. The van der Waals surface area contributed by atoms with Crippen LogP contribution in [0.25, 0.3) is 0 Å². The van der Waals surface area contributed by atoms with Crippen molar-refractivity contribution in [3.05, 3.63) is 35.7 Å². The Morgan fingerprint density at radius 2 is 1.68 bits per heavy atom. The molecule has 1 amide bonds. The first kappa shape index (κ1) is 26.7. The minimum absolute atomic E-state index is 0.144. The zero-order valence-corrected chi connectivity index (χ0v) is 23.0. The second kappa shape index (κ2) is 12.3. The highest BCUT2D eigenvalue weighted by molar-refractivity contribution is 5.96. The predicted octanol–water partition coefficient (Wildman–Crippen LogP) is 3.67. The Hall–Kier alpha value is -2.91. The summed E-state index contributed by atoms with van der Waals surface area (Å²) in [4.78, 5) is 29.0. The molecule has 3 aliphatic rings. The lowest BCUT2D eigenvalue weighted by Gasteiger charge is -2.42. The molecular formula is C29H43N7O2. The van der Waals surface area contributed by atoms with Gasteiger partial charge >= 0.3 is 0 Å². The van der Waals surface area contributed by atoms with Gasteiger partial charge in [0, 0.05) is 56.7 Å². The summed E-state index contributed by atoms with van der Waals surface area (Å²) in [6.07, 6.45) is 7.94. The number of piperidine rings is 1. The molecule has 3 heterocycles. The Kier molecular flexibility index (Phi) is 8.64. The molecule has 1 aromatic heterocycles. The van der Waals surface area contributed by atoms with Crippen molar-refractivity contribution >= 4 is 23.1 Å². The number of carbonyl (C=O) groups is 1. The summed E-state index contributed by atoms with van der Waals surface area (Å²) in [7, 11) is 2.21. The summed E-state index contributed by atoms with van der Waals surface area (Å²) in [5.41, 5.74) is 8.54. The quantitative estimate of drug-likeness (QED) is 0.516. The van der Waals surface area contributed by atoms with Crippen molar-refractivity contribution in [1.29, 1.82) is 0 Å². The average molecular weight is 522 g/mol. The summed E-state index contributed by atoms with van der Waals surface area (Å²) in [5.74, 6) is 0.799. The molecule has 0 spiro atoms. The van der Waals surface area contributed by atoms with Gasteiger partial charge in [0.2, 0.25) is 5.88 Å². The Labute approximate surface area is 226 Å². The molecular weight excluding hydrogens is 478 g/mol. The second-order valence-electron chi connectivity index (χ2n) is 11.1. The normalized spacial score (nSPS) is 20.1. The Morgan fingerprint density at radius 3 is 2.32 bits per heavy atom. The Balaban J connectivity index is 1.23. The molecule has 0 radical (unpaired) electrons. The minimum Gasteiger partial charge on any atom is -0.476 e. The first-order valence-electron chi connectivity index (χ1n) is 14.4. The van der Waals surface area contributed by atoms with Crippen LogP contribution in [0.5, 0.6) is 5.88 Å². The molecule has 0 unspecified atom stereocenters. The third kappa shape index (κ3) is 6.38. The first-order chi connectivity index (χ1) is 18.5. The zero-order valence-electron chi connectivity index (χ0n) is 23.0. The molecule has 1 aliphatic carbocycles. The van der Waals surface area contributed by atoms with Crippen LogP contribution in [0.15, 0.2) is 24.3 Å². The number of aryl methyl sites for hydroxylation is 1.